The third-order valence-corrected chi connectivity index (χ3v) is 5.89. The SMILES string of the molecule is O=C(COC(=O)c1ccc(Cl)cc1O)Nc1ccc(N2CCN(Cc3ccccc3)CC2)cc1. The predicted octanol–water partition coefficient (Wildman–Crippen LogP) is 4.16. The molecule has 0 atom stereocenters. The number of carbonyl (C=O) groups excluding carboxylic acids is 2. The number of halogens is 1. The molecule has 176 valence electrons. The third-order valence-electron chi connectivity index (χ3n) is 5.65. The molecule has 3 aromatic carbocycles. The van der Waals surface area contributed by atoms with Gasteiger partial charge in [0.1, 0.15) is 11.3 Å². The number of hydrogen-bond donors (Lipinski definition) is 2. The van der Waals surface area contributed by atoms with E-state index in [9.17, 15) is 14.7 Å². The lowest BCUT2D eigenvalue weighted by Gasteiger charge is -2.36. The summed E-state index contributed by atoms with van der Waals surface area (Å²) in [7, 11) is 0. The maximum atomic E-state index is 12.2. The molecule has 0 aromatic heterocycles. The van der Waals surface area contributed by atoms with Gasteiger partial charge in [0.05, 0.1) is 0 Å². The van der Waals surface area contributed by atoms with Gasteiger partial charge in [0.25, 0.3) is 5.91 Å². The highest BCUT2D eigenvalue weighted by Crippen LogP contribution is 2.23. The van der Waals surface area contributed by atoms with Crippen LogP contribution in [0.5, 0.6) is 5.75 Å². The Morgan fingerprint density at radius 3 is 2.32 bits per heavy atom. The molecule has 7 nitrogen and oxygen atoms in total. The molecule has 0 radical (unpaired) electrons. The van der Waals surface area contributed by atoms with E-state index >= 15 is 0 Å². The molecule has 1 fully saturated rings. The molecule has 3 aromatic rings. The highest BCUT2D eigenvalue weighted by molar-refractivity contribution is 6.30. The van der Waals surface area contributed by atoms with Crippen LogP contribution in [0.25, 0.3) is 0 Å². The largest absolute Gasteiger partial charge is 0.507 e. The number of hydrogen-bond acceptors (Lipinski definition) is 6. The third kappa shape index (κ3) is 6.27. The number of phenols is 1. The number of benzene rings is 3. The molecule has 1 amide bonds. The van der Waals surface area contributed by atoms with Crippen molar-refractivity contribution < 1.29 is 19.4 Å². The van der Waals surface area contributed by atoms with Crippen LogP contribution in [0.1, 0.15) is 15.9 Å². The second kappa shape index (κ2) is 11.0. The van der Waals surface area contributed by atoms with E-state index in [1.807, 2.05) is 30.3 Å². The number of nitrogens with zero attached hydrogens (tertiary/aromatic N) is 2. The van der Waals surface area contributed by atoms with Crippen molar-refractivity contribution in [3.8, 4) is 5.75 Å². The van der Waals surface area contributed by atoms with Gasteiger partial charge < -0.3 is 20.1 Å². The molecule has 0 bridgehead atoms. The van der Waals surface area contributed by atoms with Crippen LogP contribution < -0.4 is 10.2 Å². The zero-order chi connectivity index (χ0) is 23.9. The van der Waals surface area contributed by atoms with Crippen molar-refractivity contribution in [3.63, 3.8) is 0 Å². The zero-order valence-corrected chi connectivity index (χ0v) is 19.4. The number of esters is 1. The first-order valence-electron chi connectivity index (χ1n) is 11.0. The van der Waals surface area contributed by atoms with Crippen LogP contribution in [0.2, 0.25) is 5.02 Å². The quantitative estimate of drug-likeness (QED) is 0.495. The Balaban J connectivity index is 1.23. The smallest absolute Gasteiger partial charge is 0.342 e. The molecule has 8 heteroatoms. The highest BCUT2D eigenvalue weighted by atomic mass is 35.5. The molecule has 1 heterocycles. The average Bonchev–Trinajstić information content (AvgIpc) is 2.84. The van der Waals surface area contributed by atoms with Crippen LogP contribution in [0.3, 0.4) is 0 Å². The van der Waals surface area contributed by atoms with Crippen LogP contribution >= 0.6 is 11.6 Å². The number of aromatic hydroxyl groups is 1. The Kier molecular flexibility index (Phi) is 7.67. The van der Waals surface area contributed by atoms with Crippen molar-refractivity contribution in [2.75, 3.05) is 43.0 Å². The van der Waals surface area contributed by atoms with Gasteiger partial charge in [0, 0.05) is 49.1 Å². The van der Waals surface area contributed by atoms with Crippen molar-refractivity contribution in [1.82, 2.24) is 4.90 Å². The molecule has 0 aliphatic carbocycles. The van der Waals surface area contributed by atoms with Gasteiger partial charge in [0.15, 0.2) is 6.61 Å². The molecule has 0 saturated carbocycles. The standard InChI is InChI=1S/C26H26ClN3O4/c27-20-6-11-23(24(31)16-20)26(33)34-18-25(32)28-21-7-9-22(10-8-21)30-14-12-29(13-15-30)17-19-4-2-1-3-5-19/h1-11,16,31H,12-15,17-18H2,(H,28,32). The van der Waals surface area contributed by atoms with Crippen LogP contribution in [0.4, 0.5) is 11.4 Å². The molecular formula is C26H26ClN3O4. The lowest BCUT2D eigenvalue weighted by atomic mass is 10.2. The molecule has 1 saturated heterocycles. The van der Waals surface area contributed by atoms with Crippen LogP contribution in [-0.2, 0) is 16.1 Å². The fourth-order valence-corrected chi connectivity index (χ4v) is 4.01. The van der Waals surface area contributed by atoms with Crippen molar-refractivity contribution in [2.45, 2.75) is 6.54 Å². The first-order chi connectivity index (χ1) is 16.5. The Bertz CT molecular complexity index is 1130. The van der Waals surface area contributed by atoms with Crippen LogP contribution in [0.15, 0.2) is 72.8 Å². The Morgan fingerprint density at radius 1 is 0.941 bits per heavy atom. The molecule has 4 rings (SSSR count). The van der Waals surface area contributed by atoms with E-state index in [1.54, 1.807) is 0 Å². The van der Waals surface area contributed by atoms with E-state index in [0.29, 0.717) is 10.7 Å². The maximum Gasteiger partial charge on any atom is 0.342 e. The number of nitrogens with one attached hydrogen (secondary N) is 1. The number of anilines is 2. The minimum Gasteiger partial charge on any atom is -0.507 e. The fraction of sp³-hybridized carbons (Fsp3) is 0.231. The van der Waals surface area contributed by atoms with Gasteiger partial charge >= 0.3 is 5.97 Å². The van der Waals surface area contributed by atoms with E-state index in [-0.39, 0.29) is 11.3 Å². The van der Waals surface area contributed by atoms with E-state index in [1.165, 1.54) is 23.8 Å². The second-order valence-electron chi connectivity index (χ2n) is 8.08. The monoisotopic (exact) mass is 479 g/mol. The van der Waals surface area contributed by atoms with Crippen molar-refractivity contribution in [1.29, 1.82) is 0 Å². The van der Waals surface area contributed by atoms with Gasteiger partial charge in [-0.05, 0) is 48.0 Å². The Morgan fingerprint density at radius 2 is 1.65 bits per heavy atom. The molecule has 0 unspecified atom stereocenters. The maximum absolute atomic E-state index is 12.2. The van der Waals surface area contributed by atoms with Crippen molar-refractivity contribution >= 4 is 34.9 Å². The molecule has 2 N–H and O–H groups in total. The minimum atomic E-state index is -0.800. The van der Waals surface area contributed by atoms with E-state index in [2.05, 4.69) is 39.4 Å². The summed E-state index contributed by atoms with van der Waals surface area (Å²) < 4.78 is 4.99. The van der Waals surface area contributed by atoms with E-state index < -0.39 is 18.5 Å². The number of rotatable bonds is 7. The summed E-state index contributed by atoms with van der Waals surface area (Å²) in [5.74, 6) is -1.57. The van der Waals surface area contributed by atoms with Gasteiger partial charge in [-0.2, -0.15) is 0 Å². The summed E-state index contributed by atoms with van der Waals surface area (Å²) in [4.78, 5) is 29.0. The normalized spacial score (nSPS) is 14.0. The summed E-state index contributed by atoms with van der Waals surface area (Å²) in [5.41, 5.74) is 2.99. The van der Waals surface area contributed by atoms with E-state index in [4.69, 9.17) is 16.3 Å². The lowest BCUT2D eigenvalue weighted by molar-refractivity contribution is -0.119. The molecule has 34 heavy (non-hydrogen) atoms. The Labute approximate surface area is 203 Å². The van der Waals surface area contributed by atoms with Crippen molar-refractivity contribution in [2.24, 2.45) is 0 Å². The van der Waals surface area contributed by atoms with E-state index in [0.717, 1.165) is 38.4 Å². The fourth-order valence-electron chi connectivity index (χ4n) is 3.84. The number of carbonyl (C=O) groups is 2. The summed E-state index contributed by atoms with van der Waals surface area (Å²) in [6, 6.07) is 22.1. The highest BCUT2D eigenvalue weighted by Gasteiger charge is 2.18. The first-order valence-corrected chi connectivity index (χ1v) is 11.4. The summed E-state index contributed by atoms with van der Waals surface area (Å²) in [5, 5.41) is 12.8. The lowest BCUT2D eigenvalue weighted by Crippen LogP contribution is -2.45. The number of piperazine rings is 1. The van der Waals surface area contributed by atoms with Gasteiger partial charge in [-0.1, -0.05) is 41.9 Å². The Hall–Kier alpha value is -3.55. The first kappa shape index (κ1) is 23.6. The summed E-state index contributed by atoms with van der Waals surface area (Å²) in [6.07, 6.45) is 0. The number of phenolic OH excluding ortho intramolecular Hbond substituents is 1. The molecular weight excluding hydrogens is 454 g/mol. The predicted molar refractivity (Wildman–Crippen MR) is 132 cm³/mol. The summed E-state index contributed by atoms with van der Waals surface area (Å²) >= 11 is 5.75. The summed E-state index contributed by atoms with van der Waals surface area (Å²) in [6.45, 7) is 4.34. The topological polar surface area (TPSA) is 82.1 Å². The minimum absolute atomic E-state index is 0.0505. The van der Waals surface area contributed by atoms with Crippen LogP contribution in [-0.4, -0.2) is 54.7 Å². The van der Waals surface area contributed by atoms with Gasteiger partial charge in [-0.15, -0.1) is 0 Å². The van der Waals surface area contributed by atoms with Gasteiger partial charge in [-0.3, -0.25) is 9.69 Å². The van der Waals surface area contributed by atoms with Crippen molar-refractivity contribution in [3.05, 3.63) is 88.9 Å². The molecule has 1 aliphatic rings. The average molecular weight is 480 g/mol. The number of amides is 1. The zero-order valence-electron chi connectivity index (χ0n) is 18.6. The molecule has 0 spiro atoms. The number of ether oxygens (including phenoxy) is 1. The van der Waals surface area contributed by atoms with Gasteiger partial charge in [0.2, 0.25) is 0 Å². The van der Waals surface area contributed by atoms with Gasteiger partial charge in [-0.25, -0.2) is 4.79 Å². The molecule has 1 aliphatic heterocycles. The second-order valence-corrected chi connectivity index (χ2v) is 8.52. The van der Waals surface area contributed by atoms with Crippen LogP contribution in [0, 0.1) is 0 Å².